The Morgan fingerprint density at radius 1 is 0.553 bits per heavy atom. The van der Waals surface area contributed by atoms with Gasteiger partial charge in [-0.1, -0.05) is 0 Å². The molecule has 0 aromatic heterocycles. The zero-order chi connectivity index (χ0) is 26.0. The van der Waals surface area contributed by atoms with Crippen LogP contribution >= 0.6 is 0 Å². The molecule has 4 atom stereocenters. The van der Waals surface area contributed by atoms with E-state index in [4.69, 9.17) is 18.9 Å². The third kappa shape index (κ3) is 7.22. The van der Waals surface area contributed by atoms with Crippen LogP contribution in [0, 0.1) is 0 Å². The molecule has 5 heteroatoms. The maximum atomic E-state index is 6.63. The molecule has 4 aromatic carbocycles. The van der Waals surface area contributed by atoms with Crippen molar-refractivity contribution in [3.05, 3.63) is 150 Å². The van der Waals surface area contributed by atoms with Gasteiger partial charge in [0.25, 0.3) is 0 Å². The number of benzene rings is 4. The van der Waals surface area contributed by atoms with Crippen molar-refractivity contribution in [3.63, 3.8) is 0 Å². The molecule has 0 unspecified atom stereocenters. The van der Waals surface area contributed by atoms with Gasteiger partial charge in [-0.15, -0.1) is 0 Å². The van der Waals surface area contributed by atoms with Crippen molar-refractivity contribution in [2.75, 3.05) is 0 Å². The van der Waals surface area contributed by atoms with Gasteiger partial charge in [0, 0.05) is 0 Å². The summed E-state index contributed by atoms with van der Waals surface area (Å²) in [6, 6.07) is 41.0. The molecule has 1 saturated heterocycles. The van der Waals surface area contributed by atoms with E-state index >= 15 is 0 Å². The summed E-state index contributed by atoms with van der Waals surface area (Å²) in [6.07, 6.45) is -1.20. The molecule has 1 aliphatic heterocycles. The molecular weight excluding hydrogens is 539 g/mol. The molecule has 194 valence electrons. The minimum absolute atomic E-state index is 0.0235. The molecule has 4 aromatic rings. The van der Waals surface area contributed by atoms with Crippen molar-refractivity contribution in [3.8, 4) is 0 Å². The molecule has 1 aliphatic rings. The fourth-order valence-corrected chi connectivity index (χ4v) is 6.71. The summed E-state index contributed by atoms with van der Waals surface area (Å²) in [6.45, 7) is 5.62. The van der Waals surface area contributed by atoms with Gasteiger partial charge in [-0.2, -0.15) is 0 Å². The first-order chi connectivity index (χ1) is 18.8. The van der Waals surface area contributed by atoms with E-state index in [2.05, 4.69) is 67.2 Å². The molecule has 0 N–H and O–H groups in total. The van der Waals surface area contributed by atoms with Crippen molar-refractivity contribution < 1.29 is 18.9 Å². The quantitative estimate of drug-likeness (QED) is 0.219. The van der Waals surface area contributed by atoms with Gasteiger partial charge in [-0.05, 0) is 0 Å². The van der Waals surface area contributed by atoms with Crippen LogP contribution in [0.3, 0.4) is 0 Å². The average Bonchev–Trinajstić information content (AvgIpc) is 2.97. The van der Waals surface area contributed by atoms with E-state index in [0.29, 0.717) is 25.6 Å². The summed E-state index contributed by atoms with van der Waals surface area (Å²) in [5, 5.41) is -0.210. The summed E-state index contributed by atoms with van der Waals surface area (Å²) < 4.78 is 27.4. The van der Waals surface area contributed by atoms with Crippen LogP contribution in [0.25, 0.3) is 0 Å². The van der Waals surface area contributed by atoms with Gasteiger partial charge in [0.2, 0.25) is 0 Å². The van der Waals surface area contributed by atoms with Gasteiger partial charge < -0.3 is 0 Å². The Labute approximate surface area is 231 Å². The van der Waals surface area contributed by atoms with Crippen molar-refractivity contribution in [2.45, 2.75) is 43.1 Å². The molecule has 0 spiro atoms. The molecule has 4 nitrogen and oxygen atoms in total. The van der Waals surface area contributed by atoms with E-state index in [-0.39, 0.29) is 32.2 Å². The second-order valence-corrected chi connectivity index (χ2v) is 11.6. The monoisotopic (exact) mass is 572 g/mol. The summed E-state index contributed by atoms with van der Waals surface area (Å²) >= 11 is -0.0235. The van der Waals surface area contributed by atoms with E-state index in [0.717, 1.165) is 16.7 Å². The predicted octanol–water partition coefficient (Wildman–Crippen LogP) is 5.64. The van der Waals surface area contributed by atoms with Crippen LogP contribution in [0.2, 0.25) is 0 Å². The van der Waals surface area contributed by atoms with Gasteiger partial charge in [-0.25, -0.2) is 0 Å². The fourth-order valence-electron chi connectivity index (χ4n) is 4.36. The molecular formula is C33H32O4Se. The third-order valence-electron chi connectivity index (χ3n) is 6.31. The Bertz CT molecular complexity index is 1250. The molecule has 1 fully saturated rings. The number of hydrogen-bond donors (Lipinski definition) is 0. The molecule has 5 rings (SSSR count). The van der Waals surface area contributed by atoms with E-state index in [1.165, 1.54) is 4.46 Å². The van der Waals surface area contributed by atoms with Crippen LogP contribution in [-0.4, -0.2) is 38.3 Å². The van der Waals surface area contributed by atoms with Crippen molar-refractivity contribution in [1.29, 1.82) is 0 Å². The first-order valence-electron chi connectivity index (χ1n) is 12.8. The zero-order valence-electron chi connectivity index (χ0n) is 21.2. The van der Waals surface area contributed by atoms with E-state index in [9.17, 15) is 0 Å². The van der Waals surface area contributed by atoms with Crippen LogP contribution in [0.1, 0.15) is 16.7 Å². The molecule has 1 heterocycles. The molecule has 0 aliphatic carbocycles. The number of hydrogen-bond acceptors (Lipinski definition) is 4. The van der Waals surface area contributed by atoms with Gasteiger partial charge in [0.05, 0.1) is 0 Å². The SMILES string of the molecule is C=C1O[C@H]([Se]c2ccccc2)[C@H](OCc2ccccc2)[C@@H](OCc2ccccc2)[C@@H]1OCc1ccccc1. The summed E-state index contributed by atoms with van der Waals surface area (Å²) in [5.74, 6) is 0.585. The average molecular weight is 572 g/mol. The Morgan fingerprint density at radius 2 is 0.974 bits per heavy atom. The minimum atomic E-state index is -0.470. The summed E-state index contributed by atoms with van der Waals surface area (Å²) in [4.78, 5) is 0. The van der Waals surface area contributed by atoms with Gasteiger partial charge in [0.15, 0.2) is 0 Å². The van der Waals surface area contributed by atoms with Crippen LogP contribution in [0.5, 0.6) is 0 Å². The topological polar surface area (TPSA) is 36.9 Å². The van der Waals surface area contributed by atoms with Gasteiger partial charge in [-0.3, -0.25) is 0 Å². The Balaban J connectivity index is 1.42. The Hall–Kier alpha value is -3.18. The number of rotatable bonds is 11. The van der Waals surface area contributed by atoms with E-state index < -0.39 is 6.10 Å². The standard InChI is InChI=1S/C33H32O4Se/c1-25-30(34-22-26-14-6-2-7-15-26)31(35-23-27-16-8-3-9-17-27)32(36-24-28-18-10-4-11-19-28)33(37-25)38-29-20-12-5-13-21-29/h2-21,30-33H,1,22-24H2/t30-,31+,32-,33-/m1/s1. The normalized spacial score (nSPS) is 21.1. The van der Waals surface area contributed by atoms with Crippen LogP contribution < -0.4 is 4.46 Å². The second kappa shape index (κ2) is 13.6. The van der Waals surface area contributed by atoms with Gasteiger partial charge >= 0.3 is 232 Å². The summed E-state index contributed by atoms with van der Waals surface area (Å²) in [7, 11) is 0. The fraction of sp³-hybridized carbons (Fsp3) is 0.212. The third-order valence-corrected chi connectivity index (χ3v) is 8.71. The van der Waals surface area contributed by atoms with Crippen molar-refractivity contribution >= 4 is 19.4 Å². The predicted molar refractivity (Wildman–Crippen MR) is 151 cm³/mol. The first kappa shape index (κ1) is 26.4. The van der Waals surface area contributed by atoms with E-state index in [1.807, 2.05) is 60.7 Å². The first-order valence-corrected chi connectivity index (χ1v) is 14.6. The maximum absolute atomic E-state index is 6.63. The second-order valence-electron chi connectivity index (χ2n) is 9.12. The van der Waals surface area contributed by atoms with E-state index in [1.54, 1.807) is 0 Å². The Kier molecular flexibility index (Phi) is 9.43. The zero-order valence-corrected chi connectivity index (χ0v) is 22.9. The van der Waals surface area contributed by atoms with Crippen LogP contribution in [-0.2, 0) is 38.8 Å². The molecule has 0 saturated carbocycles. The molecule has 38 heavy (non-hydrogen) atoms. The molecule has 0 amide bonds. The number of ether oxygens (including phenoxy) is 4. The molecule has 0 bridgehead atoms. The van der Waals surface area contributed by atoms with Crippen molar-refractivity contribution in [1.82, 2.24) is 0 Å². The van der Waals surface area contributed by atoms with Crippen LogP contribution in [0.15, 0.2) is 134 Å². The summed E-state index contributed by atoms with van der Waals surface area (Å²) in [5.41, 5.74) is 3.28. The molecule has 0 radical (unpaired) electrons. The van der Waals surface area contributed by atoms with Gasteiger partial charge in [0.1, 0.15) is 0 Å². The van der Waals surface area contributed by atoms with Crippen molar-refractivity contribution in [2.24, 2.45) is 0 Å². The Morgan fingerprint density at radius 3 is 1.47 bits per heavy atom. The van der Waals surface area contributed by atoms with Crippen LogP contribution in [0.4, 0.5) is 0 Å².